The molecular weight excluding hydrogens is 304 g/mol. The summed E-state index contributed by atoms with van der Waals surface area (Å²) in [5.41, 5.74) is 4.49. The lowest BCUT2D eigenvalue weighted by atomic mass is 9.69. The van der Waals surface area contributed by atoms with Crippen molar-refractivity contribution in [2.75, 3.05) is 13.6 Å². The van der Waals surface area contributed by atoms with Crippen molar-refractivity contribution in [2.45, 2.75) is 51.0 Å². The van der Waals surface area contributed by atoms with E-state index in [1.54, 1.807) is 11.5 Å². The first kappa shape index (κ1) is 17.1. The predicted molar refractivity (Wildman–Crippen MR) is 91.1 cm³/mol. The van der Waals surface area contributed by atoms with Gasteiger partial charge in [-0.25, -0.2) is 5.48 Å². The van der Waals surface area contributed by atoms with Gasteiger partial charge in [-0.05, 0) is 67.8 Å². The molecule has 2 aliphatic rings. The van der Waals surface area contributed by atoms with E-state index in [2.05, 4.69) is 11.9 Å². The standard InChI is InChI=1S/C19H26N2O3/c1-21(17-3-2-4-17)13-19(9-10-22)8-7-14-5-6-15(18(23)20-24)11-16(14)12-19/h5-6,10-11,17,24H,2-4,7-9,12-13H2,1H3,(H,20,23). The summed E-state index contributed by atoms with van der Waals surface area (Å²) in [6.45, 7) is 0.923. The van der Waals surface area contributed by atoms with E-state index in [4.69, 9.17) is 5.21 Å². The van der Waals surface area contributed by atoms with Gasteiger partial charge in [-0.2, -0.15) is 0 Å². The molecule has 1 unspecified atom stereocenters. The maximum atomic E-state index is 11.7. The van der Waals surface area contributed by atoms with E-state index in [1.165, 1.54) is 24.8 Å². The molecule has 1 amide bonds. The van der Waals surface area contributed by atoms with Gasteiger partial charge in [-0.1, -0.05) is 12.5 Å². The maximum Gasteiger partial charge on any atom is 0.274 e. The van der Waals surface area contributed by atoms with Crippen molar-refractivity contribution in [3.63, 3.8) is 0 Å². The number of carbonyl (C=O) groups excluding carboxylic acids is 2. The minimum absolute atomic E-state index is 0.0482. The van der Waals surface area contributed by atoms with E-state index >= 15 is 0 Å². The Balaban J connectivity index is 1.82. The molecule has 0 heterocycles. The smallest absolute Gasteiger partial charge is 0.274 e. The van der Waals surface area contributed by atoms with Crippen LogP contribution < -0.4 is 5.48 Å². The van der Waals surface area contributed by atoms with Gasteiger partial charge in [-0.15, -0.1) is 0 Å². The van der Waals surface area contributed by atoms with Gasteiger partial charge < -0.3 is 9.69 Å². The van der Waals surface area contributed by atoms with Crippen LogP contribution in [0.25, 0.3) is 0 Å². The Morgan fingerprint density at radius 2 is 2.21 bits per heavy atom. The summed E-state index contributed by atoms with van der Waals surface area (Å²) in [6.07, 6.45) is 8.16. The van der Waals surface area contributed by atoms with Crippen molar-refractivity contribution in [2.24, 2.45) is 5.41 Å². The van der Waals surface area contributed by atoms with Gasteiger partial charge in [-0.3, -0.25) is 10.0 Å². The Morgan fingerprint density at radius 3 is 2.83 bits per heavy atom. The number of aldehydes is 1. The Bertz CT molecular complexity index is 627. The second-order valence-electron chi connectivity index (χ2n) is 7.47. The number of aryl methyl sites for hydroxylation is 1. The molecule has 0 bridgehead atoms. The second-order valence-corrected chi connectivity index (χ2v) is 7.47. The van der Waals surface area contributed by atoms with Gasteiger partial charge in [0.1, 0.15) is 6.29 Å². The molecule has 0 saturated heterocycles. The largest absolute Gasteiger partial charge is 0.303 e. The molecule has 0 aromatic heterocycles. The Hall–Kier alpha value is -1.72. The average Bonchev–Trinajstić information content (AvgIpc) is 2.51. The number of carbonyl (C=O) groups is 2. The van der Waals surface area contributed by atoms with E-state index in [0.29, 0.717) is 18.0 Å². The molecule has 2 aliphatic carbocycles. The molecule has 0 radical (unpaired) electrons. The number of hydroxylamine groups is 1. The van der Waals surface area contributed by atoms with Crippen molar-refractivity contribution < 1.29 is 14.8 Å². The third-order valence-electron chi connectivity index (χ3n) is 5.86. The Labute approximate surface area is 143 Å². The average molecular weight is 330 g/mol. The monoisotopic (exact) mass is 330 g/mol. The van der Waals surface area contributed by atoms with Crippen LogP contribution in [-0.2, 0) is 17.6 Å². The lowest BCUT2D eigenvalue weighted by Gasteiger charge is -2.44. The van der Waals surface area contributed by atoms with Crippen LogP contribution in [-0.4, -0.2) is 41.9 Å². The number of rotatable bonds is 6. The molecule has 1 fully saturated rings. The van der Waals surface area contributed by atoms with Gasteiger partial charge in [0.2, 0.25) is 0 Å². The third kappa shape index (κ3) is 3.37. The van der Waals surface area contributed by atoms with Crippen LogP contribution >= 0.6 is 0 Å². The molecule has 0 spiro atoms. The second kappa shape index (κ2) is 7.03. The summed E-state index contributed by atoms with van der Waals surface area (Å²) in [7, 11) is 2.17. The number of amides is 1. The zero-order chi connectivity index (χ0) is 17.2. The van der Waals surface area contributed by atoms with Crippen molar-refractivity contribution in [1.82, 2.24) is 10.4 Å². The fourth-order valence-corrected chi connectivity index (χ4v) is 4.17. The van der Waals surface area contributed by atoms with Gasteiger partial charge >= 0.3 is 0 Å². The van der Waals surface area contributed by atoms with Crippen LogP contribution in [0.15, 0.2) is 18.2 Å². The number of benzene rings is 1. The van der Waals surface area contributed by atoms with E-state index in [1.807, 2.05) is 12.1 Å². The minimum atomic E-state index is -0.490. The fourth-order valence-electron chi connectivity index (χ4n) is 4.17. The van der Waals surface area contributed by atoms with Gasteiger partial charge in [0.25, 0.3) is 5.91 Å². The molecule has 1 aromatic carbocycles. The Morgan fingerprint density at radius 1 is 1.42 bits per heavy atom. The summed E-state index contributed by atoms with van der Waals surface area (Å²) < 4.78 is 0. The van der Waals surface area contributed by atoms with Gasteiger partial charge in [0.15, 0.2) is 0 Å². The predicted octanol–water partition coefficient (Wildman–Crippen LogP) is 2.35. The highest BCUT2D eigenvalue weighted by Gasteiger charge is 2.37. The van der Waals surface area contributed by atoms with E-state index in [9.17, 15) is 9.59 Å². The van der Waals surface area contributed by atoms with Crippen LogP contribution in [0.3, 0.4) is 0 Å². The molecule has 0 aliphatic heterocycles. The topological polar surface area (TPSA) is 69.6 Å². The SMILES string of the molecule is CN(CC1(CC=O)CCc2ccc(C(=O)NO)cc2C1)C1CCC1. The lowest BCUT2D eigenvalue weighted by molar-refractivity contribution is -0.110. The number of nitrogens with one attached hydrogen (secondary N) is 1. The molecule has 130 valence electrons. The van der Waals surface area contributed by atoms with Crippen molar-refractivity contribution in [3.8, 4) is 0 Å². The first-order valence-electron chi connectivity index (χ1n) is 8.77. The first-order valence-corrected chi connectivity index (χ1v) is 8.77. The van der Waals surface area contributed by atoms with E-state index in [-0.39, 0.29) is 5.41 Å². The van der Waals surface area contributed by atoms with E-state index < -0.39 is 5.91 Å². The van der Waals surface area contributed by atoms with Crippen molar-refractivity contribution in [3.05, 3.63) is 34.9 Å². The Kier molecular flexibility index (Phi) is 5.01. The molecule has 5 heteroatoms. The minimum Gasteiger partial charge on any atom is -0.303 e. The van der Waals surface area contributed by atoms with Crippen molar-refractivity contribution in [1.29, 1.82) is 0 Å². The number of hydrogen-bond donors (Lipinski definition) is 2. The molecule has 5 nitrogen and oxygen atoms in total. The highest BCUT2D eigenvalue weighted by Crippen LogP contribution is 2.40. The zero-order valence-electron chi connectivity index (χ0n) is 14.3. The fraction of sp³-hybridized carbons (Fsp3) is 0.579. The molecule has 1 aromatic rings. The molecule has 3 rings (SSSR count). The molecule has 2 N–H and O–H groups in total. The van der Waals surface area contributed by atoms with Crippen LogP contribution in [0.1, 0.15) is 53.6 Å². The third-order valence-corrected chi connectivity index (χ3v) is 5.86. The molecule has 1 atom stereocenters. The molecular formula is C19H26N2O3. The molecule has 24 heavy (non-hydrogen) atoms. The van der Waals surface area contributed by atoms with Crippen molar-refractivity contribution >= 4 is 12.2 Å². The first-order chi connectivity index (χ1) is 11.6. The quantitative estimate of drug-likeness (QED) is 0.477. The number of hydrogen-bond acceptors (Lipinski definition) is 4. The summed E-state index contributed by atoms with van der Waals surface area (Å²) in [6, 6.07) is 6.24. The summed E-state index contributed by atoms with van der Waals surface area (Å²) in [5, 5.41) is 8.84. The number of fused-ring (bicyclic) bond motifs is 1. The van der Waals surface area contributed by atoms with Crippen LogP contribution in [0.2, 0.25) is 0 Å². The summed E-state index contributed by atoms with van der Waals surface area (Å²) >= 11 is 0. The maximum absolute atomic E-state index is 11.7. The summed E-state index contributed by atoms with van der Waals surface area (Å²) in [5.74, 6) is -0.490. The normalized spacial score (nSPS) is 23.5. The highest BCUT2D eigenvalue weighted by molar-refractivity contribution is 5.93. The van der Waals surface area contributed by atoms with Gasteiger partial charge in [0.05, 0.1) is 0 Å². The van der Waals surface area contributed by atoms with Gasteiger partial charge in [0, 0.05) is 24.6 Å². The van der Waals surface area contributed by atoms with Crippen LogP contribution in [0.4, 0.5) is 0 Å². The van der Waals surface area contributed by atoms with E-state index in [0.717, 1.165) is 37.7 Å². The zero-order valence-corrected chi connectivity index (χ0v) is 14.3. The van der Waals surface area contributed by atoms with Crippen LogP contribution in [0.5, 0.6) is 0 Å². The number of nitrogens with zero attached hydrogens (tertiary/aromatic N) is 1. The lowest BCUT2D eigenvalue weighted by Crippen LogP contribution is -2.46. The summed E-state index contributed by atoms with van der Waals surface area (Å²) in [4.78, 5) is 25.4. The van der Waals surface area contributed by atoms with Crippen LogP contribution in [0, 0.1) is 5.41 Å². The molecule has 1 saturated carbocycles. The highest BCUT2D eigenvalue weighted by atomic mass is 16.5.